The Bertz CT molecular complexity index is 753. The Kier molecular flexibility index (Phi) is 2.80. The Morgan fingerprint density at radius 3 is 2.53 bits per heavy atom. The highest BCUT2D eigenvalue weighted by molar-refractivity contribution is 6.10. The average Bonchev–Trinajstić information content (AvgIpc) is 2.46. The van der Waals surface area contributed by atoms with Crippen LogP contribution in [0.3, 0.4) is 0 Å². The summed E-state index contributed by atoms with van der Waals surface area (Å²) in [5, 5.41) is 0.627. The number of carbonyl (C=O) groups is 1. The van der Waals surface area contributed by atoms with Crippen molar-refractivity contribution in [3.8, 4) is 0 Å². The van der Waals surface area contributed by atoms with Crippen LogP contribution < -0.4 is 0 Å². The highest BCUT2D eigenvalue weighted by Crippen LogP contribution is 2.17. The van der Waals surface area contributed by atoms with Gasteiger partial charge in [0, 0.05) is 22.7 Å². The molecule has 1 heterocycles. The summed E-state index contributed by atoms with van der Waals surface area (Å²) in [5.74, 6) is -0.446. The molecule has 0 radical (unpaired) electrons. The van der Waals surface area contributed by atoms with Crippen LogP contribution in [0.5, 0.6) is 0 Å². The standard InChI is InChI=1S/C16H10FNO/c17-14-6-7-15-12(9-14)8-13(10-18-15)16(19)11-4-2-1-3-5-11/h1-10H. The minimum atomic E-state index is -0.335. The van der Waals surface area contributed by atoms with Crippen molar-refractivity contribution in [3.63, 3.8) is 0 Å². The summed E-state index contributed by atoms with van der Waals surface area (Å²) in [4.78, 5) is 16.4. The Morgan fingerprint density at radius 1 is 0.947 bits per heavy atom. The number of nitrogens with zero attached hydrogens (tertiary/aromatic N) is 1. The predicted octanol–water partition coefficient (Wildman–Crippen LogP) is 3.60. The largest absolute Gasteiger partial charge is 0.289 e. The number of benzene rings is 2. The molecule has 0 atom stereocenters. The monoisotopic (exact) mass is 251 g/mol. The number of fused-ring (bicyclic) bond motifs is 1. The van der Waals surface area contributed by atoms with E-state index in [9.17, 15) is 9.18 Å². The zero-order valence-corrected chi connectivity index (χ0v) is 10.0. The van der Waals surface area contributed by atoms with Crippen molar-refractivity contribution in [1.82, 2.24) is 4.98 Å². The summed E-state index contributed by atoms with van der Waals surface area (Å²) >= 11 is 0. The third kappa shape index (κ3) is 2.22. The molecule has 0 aliphatic heterocycles. The lowest BCUT2D eigenvalue weighted by Crippen LogP contribution is -2.01. The number of ketones is 1. The smallest absolute Gasteiger partial charge is 0.194 e. The van der Waals surface area contributed by atoms with Crippen molar-refractivity contribution in [2.45, 2.75) is 0 Å². The van der Waals surface area contributed by atoms with E-state index in [1.807, 2.05) is 6.07 Å². The Balaban J connectivity index is 2.08. The molecule has 92 valence electrons. The number of pyridine rings is 1. The first kappa shape index (κ1) is 11.5. The second-order valence-corrected chi connectivity index (χ2v) is 4.26. The molecule has 1 aromatic heterocycles. The van der Waals surface area contributed by atoms with Gasteiger partial charge < -0.3 is 0 Å². The van der Waals surface area contributed by atoms with Crippen molar-refractivity contribution in [1.29, 1.82) is 0 Å². The van der Waals surface area contributed by atoms with E-state index in [4.69, 9.17) is 0 Å². The molecule has 0 spiro atoms. The van der Waals surface area contributed by atoms with Crippen LogP contribution in [0.15, 0.2) is 60.8 Å². The van der Waals surface area contributed by atoms with Crippen molar-refractivity contribution >= 4 is 16.7 Å². The summed E-state index contributed by atoms with van der Waals surface area (Å²) in [6.45, 7) is 0. The van der Waals surface area contributed by atoms with Gasteiger partial charge in [-0.25, -0.2) is 4.39 Å². The maximum absolute atomic E-state index is 13.2. The van der Waals surface area contributed by atoms with E-state index < -0.39 is 0 Å². The zero-order valence-electron chi connectivity index (χ0n) is 10.0. The summed E-state index contributed by atoms with van der Waals surface area (Å²) in [6.07, 6.45) is 1.52. The molecule has 0 saturated carbocycles. The fraction of sp³-hybridized carbons (Fsp3) is 0. The minimum absolute atomic E-state index is 0.112. The summed E-state index contributed by atoms with van der Waals surface area (Å²) < 4.78 is 13.2. The first-order valence-electron chi connectivity index (χ1n) is 5.89. The Morgan fingerprint density at radius 2 is 1.74 bits per heavy atom. The fourth-order valence-electron chi connectivity index (χ4n) is 1.98. The second kappa shape index (κ2) is 4.61. The first-order chi connectivity index (χ1) is 9.24. The summed E-state index contributed by atoms with van der Waals surface area (Å²) in [6, 6.07) is 15.0. The van der Waals surface area contributed by atoms with Crippen LogP contribution in [0.4, 0.5) is 4.39 Å². The van der Waals surface area contributed by atoms with Gasteiger partial charge in [-0.15, -0.1) is 0 Å². The lowest BCUT2D eigenvalue weighted by molar-refractivity contribution is 0.103. The molecular formula is C16H10FNO. The Hall–Kier alpha value is -2.55. The fourth-order valence-corrected chi connectivity index (χ4v) is 1.98. The van der Waals surface area contributed by atoms with Gasteiger partial charge in [-0.2, -0.15) is 0 Å². The quantitative estimate of drug-likeness (QED) is 0.651. The molecule has 0 unspecified atom stereocenters. The van der Waals surface area contributed by atoms with Crippen LogP contribution in [-0.4, -0.2) is 10.8 Å². The molecule has 2 nitrogen and oxygen atoms in total. The van der Waals surface area contributed by atoms with Gasteiger partial charge in [0.05, 0.1) is 5.52 Å². The van der Waals surface area contributed by atoms with Crippen LogP contribution >= 0.6 is 0 Å². The molecule has 3 aromatic rings. The summed E-state index contributed by atoms with van der Waals surface area (Å²) in [7, 11) is 0. The van der Waals surface area contributed by atoms with E-state index in [2.05, 4.69) is 4.98 Å². The third-order valence-electron chi connectivity index (χ3n) is 2.94. The van der Waals surface area contributed by atoms with Crippen LogP contribution in [0.2, 0.25) is 0 Å². The molecule has 19 heavy (non-hydrogen) atoms. The van der Waals surface area contributed by atoms with E-state index in [1.165, 1.54) is 18.3 Å². The highest BCUT2D eigenvalue weighted by atomic mass is 19.1. The number of halogens is 1. The SMILES string of the molecule is O=C(c1ccccc1)c1cnc2ccc(F)cc2c1. The molecule has 0 amide bonds. The maximum atomic E-state index is 13.2. The third-order valence-corrected chi connectivity index (χ3v) is 2.94. The molecular weight excluding hydrogens is 241 g/mol. The molecule has 3 heteroatoms. The van der Waals surface area contributed by atoms with Gasteiger partial charge in [0.25, 0.3) is 0 Å². The van der Waals surface area contributed by atoms with Crippen molar-refractivity contribution < 1.29 is 9.18 Å². The Labute approximate surface area is 109 Å². The highest BCUT2D eigenvalue weighted by Gasteiger charge is 2.09. The zero-order chi connectivity index (χ0) is 13.2. The lowest BCUT2D eigenvalue weighted by Gasteiger charge is -2.03. The van der Waals surface area contributed by atoms with Crippen LogP contribution in [-0.2, 0) is 0 Å². The van der Waals surface area contributed by atoms with E-state index in [-0.39, 0.29) is 11.6 Å². The topological polar surface area (TPSA) is 30.0 Å². The minimum Gasteiger partial charge on any atom is -0.289 e. The van der Waals surface area contributed by atoms with Gasteiger partial charge in [-0.1, -0.05) is 30.3 Å². The normalized spacial score (nSPS) is 10.6. The molecule has 0 bridgehead atoms. The van der Waals surface area contributed by atoms with Gasteiger partial charge in [-0.3, -0.25) is 9.78 Å². The number of rotatable bonds is 2. The van der Waals surface area contributed by atoms with Gasteiger partial charge in [0.1, 0.15) is 5.82 Å². The number of hydrogen-bond donors (Lipinski definition) is 0. The molecule has 0 aliphatic rings. The van der Waals surface area contributed by atoms with Crippen LogP contribution in [0.25, 0.3) is 10.9 Å². The van der Waals surface area contributed by atoms with Crippen molar-refractivity contribution in [2.75, 3.05) is 0 Å². The molecule has 2 aromatic carbocycles. The average molecular weight is 251 g/mol. The first-order valence-corrected chi connectivity index (χ1v) is 5.89. The van der Waals surface area contributed by atoms with Gasteiger partial charge in [0.2, 0.25) is 0 Å². The van der Waals surface area contributed by atoms with Gasteiger partial charge in [0.15, 0.2) is 5.78 Å². The molecule has 3 rings (SSSR count). The lowest BCUT2D eigenvalue weighted by atomic mass is 10.0. The van der Waals surface area contributed by atoms with Gasteiger partial charge >= 0.3 is 0 Å². The van der Waals surface area contributed by atoms with Crippen LogP contribution in [0.1, 0.15) is 15.9 Å². The number of aromatic nitrogens is 1. The molecule has 0 saturated heterocycles. The van der Waals surface area contributed by atoms with E-state index in [0.717, 1.165) is 0 Å². The molecule has 0 fully saturated rings. The van der Waals surface area contributed by atoms with Gasteiger partial charge in [-0.05, 0) is 24.3 Å². The molecule has 0 N–H and O–H groups in total. The molecule has 0 aliphatic carbocycles. The summed E-state index contributed by atoms with van der Waals surface area (Å²) in [5.41, 5.74) is 1.73. The van der Waals surface area contributed by atoms with Crippen molar-refractivity contribution in [2.24, 2.45) is 0 Å². The van der Waals surface area contributed by atoms with E-state index in [1.54, 1.807) is 36.4 Å². The number of hydrogen-bond acceptors (Lipinski definition) is 2. The van der Waals surface area contributed by atoms with Crippen LogP contribution in [0, 0.1) is 5.82 Å². The number of carbonyl (C=O) groups excluding carboxylic acids is 1. The predicted molar refractivity (Wildman–Crippen MR) is 71.6 cm³/mol. The van der Waals surface area contributed by atoms with E-state index >= 15 is 0 Å². The van der Waals surface area contributed by atoms with E-state index in [0.29, 0.717) is 22.0 Å². The maximum Gasteiger partial charge on any atom is 0.194 e. The van der Waals surface area contributed by atoms with Crippen molar-refractivity contribution in [3.05, 3.63) is 77.7 Å². The second-order valence-electron chi connectivity index (χ2n) is 4.26.